The van der Waals surface area contributed by atoms with Gasteiger partial charge in [-0.3, -0.25) is 0 Å². The van der Waals surface area contributed by atoms with Crippen LogP contribution < -0.4 is 5.32 Å². The molecule has 0 saturated heterocycles. The maximum Gasteiger partial charge on any atom is 0.0112 e. The lowest BCUT2D eigenvalue weighted by Gasteiger charge is -2.43. The van der Waals surface area contributed by atoms with Crippen LogP contribution in [0.2, 0.25) is 0 Å². The lowest BCUT2D eigenvalue weighted by atomic mass is 9.72. The fourth-order valence-electron chi connectivity index (χ4n) is 4.15. The van der Waals surface area contributed by atoms with Crippen LogP contribution >= 0.6 is 0 Å². The lowest BCUT2D eigenvalue weighted by Crippen LogP contribution is -2.49. The number of rotatable bonds is 6. The largest absolute Gasteiger partial charge is 0.314 e. The molecule has 2 rings (SSSR count). The van der Waals surface area contributed by atoms with E-state index < -0.39 is 0 Å². The molecule has 112 valence electrons. The molecule has 2 saturated carbocycles. The van der Waals surface area contributed by atoms with Gasteiger partial charge < -0.3 is 10.2 Å². The van der Waals surface area contributed by atoms with E-state index >= 15 is 0 Å². The van der Waals surface area contributed by atoms with Crippen molar-refractivity contribution in [3.8, 4) is 0 Å². The molecule has 5 atom stereocenters. The number of nitrogens with one attached hydrogen (secondary N) is 1. The Morgan fingerprint density at radius 3 is 2.47 bits per heavy atom. The Morgan fingerprint density at radius 2 is 1.89 bits per heavy atom. The van der Waals surface area contributed by atoms with Crippen LogP contribution in [0, 0.1) is 23.7 Å². The van der Waals surface area contributed by atoms with E-state index in [1.54, 1.807) is 0 Å². The monoisotopic (exact) mass is 266 g/mol. The van der Waals surface area contributed by atoms with E-state index in [4.69, 9.17) is 0 Å². The van der Waals surface area contributed by atoms with E-state index in [1.165, 1.54) is 32.2 Å². The van der Waals surface area contributed by atoms with Crippen LogP contribution in [-0.4, -0.2) is 37.1 Å². The predicted molar refractivity (Wildman–Crippen MR) is 83.3 cm³/mol. The quantitative estimate of drug-likeness (QED) is 0.793. The van der Waals surface area contributed by atoms with E-state index in [9.17, 15) is 0 Å². The number of nitrogens with zero attached hydrogens (tertiary/aromatic N) is 1. The molecular weight excluding hydrogens is 232 g/mol. The molecule has 2 fully saturated rings. The zero-order valence-corrected chi connectivity index (χ0v) is 13.7. The van der Waals surface area contributed by atoms with Crippen molar-refractivity contribution < 1.29 is 0 Å². The molecular formula is C17H34N2. The van der Waals surface area contributed by atoms with E-state index in [1.807, 2.05) is 0 Å². The molecule has 5 unspecified atom stereocenters. The molecule has 2 aliphatic carbocycles. The third kappa shape index (κ3) is 3.95. The summed E-state index contributed by atoms with van der Waals surface area (Å²) in [5, 5.41) is 3.76. The van der Waals surface area contributed by atoms with Crippen LogP contribution in [0.3, 0.4) is 0 Å². The van der Waals surface area contributed by atoms with Gasteiger partial charge in [-0.05, 0) is 69.9 Å². The van der Waals surface area contributed by atoms with Gasteiger partial charge in [0, 0.05) is 18.6 Å². The second-order valence-corrected chi connectivity index (χ2v) is 7.40. The molecule has 0 radical (unpaired) electrons. The highest BCUT2D eigenvalue weighted by Crippen LogP contribution is 2.37. The molecule has 19 heavy (non-hydrogen) atoms. The Morgan fingerprint density at radius 1 is 1.21 bits per heavy atom. The molecule has 2 aliphatic rings. The first-order valence-corrected chi connectivity index (χ1v) is 8.46. The Kier molecular flexibility index (Phi) is 5.30. The highest BCUT2D eigenvalue weighted by atomic mass is 15.1. The van der Waals surface area contributed by atoms with Crippen molar-refractivity contribution in [3.63, 3.8) is 0 Å². The lowest BCUT2D eigenvalue weighted by molar-refractivity contribution is 0.0934. The van der Waals surface area contributed by atoms with Crippen molar-refractivity contribution in [2.75, 3.05) is 20.1 Å². The molecule has 0 bridgehead atoms. The van der Waals surface area contributed by atoms with Crippen molar-refractivity contribution in [1.82, 2.24) is 10.2 Å². The Bertz CT molecular complexity index is 274. The molecule has 0 spiro atoms. The van der Waals surface area contributed by atoms with Gasteiger partial charge >= 0.3 is 0 Å². The zero-order valence-electron chi connectivity index (χ0n) is 13.7. The summed E-state index contributed by atoms with van der Waals surface area (Å²) in [4.78, 5) is 2.64. The Hall–Kier alpha value is -0.0800. The van der Waals surface area contributed by atoms with Gasteiger partial charge in [0.1, 0.15) is 0 Å². The van der Waals surface area contributed by atoms with Crippen molar-refractivity contribution in [2.24, 2.45) is 23.7 Å². The second-order valence-electron chi connectivity index (χ2n) is 7.40. The van der Waals surface area contributed by atoms with Gasteiger partial charge in [-0.25, -0.2) is 0 Å². The summed E-state index contributed by atoms with van der Waals surface area (Å²) in [5.74, 6) is 3.57. The first kappa shape index (κ1) is 15.3. The van der Waals surface area contributed by atoms with E-state index in [0.29, 0.717) is 0 Å². The third-order valence-electron chi connectivity index (χ3n) is 5.64. The normalized spacial score (nSPS) is 37.6. The molecule has 2 nitrogen and oxygen atoms in total. The topological polar surface area (TPSA) is 15.3 Å². The average Bonchev–Trinajstić information content (AvgIpc) is 3.16. The van der Waals surface area contributed by atoms with Gasteiger partial charge in [0.2, 0.25) is 0 Å². The smallest absolute Gasteiger partial charge is 0.0112 e. The van der Waals surface area contributed by atoms with Gasteiger partial charge in [-0.2, -0.15) is 0 Å². The maximum absolute atomic E-state index is 3.76. The molecule has 1 N–H and O–H groups in total. The van der Waals surface area contributed by atoms with Gasteiger partial charge in [-0.15, -0.1) is 0 Å². The minimum atomic E-state index is 0.734. The average molecular weight is 266 g/mol. The van der Waals surface area contributed by atoms with Gasteiger partial charge in [0.05, 0.1) is 0 Å². The minimum Gasteiger partial charge on any atom is -0.314 e. The summed E-state index contributed by atoms with van der Waals surface area (Å²) in [6.45, 7) is 12.0. The highest BCUT2D eigenvalue weighted by Gasteiger charge is 2.36. The van der Waals surface area contributed by atoms with Crippen LogP contribution in [0.1, 0.15) is 53.4 Å². The Labute approximate surface area is 120 Å². The number of hydrogen-bond acceptors (Lipinski definition) is 2. The van der Waals surface area contributed by atoms with Crippen molar-refractivity contribution >= 4 is 0 Å². The maximum atomic E-state index is 3.76. The highest BCUT2D eigenvalue weighted by molar-refractivity contribution is 4.91. The van der Waals surface area contributed by atoms with Crippen LogP contribution in [-0.2, 0) is 0 Å². The van der Waals surface area contributed by atoms with Gasteiger partial charge in [0.25, 0.3) is 0 Å². The van der Waals surface area contributed by atoms with Crippen LogP contribution in [0.5, 0.6) is 0 Å². The zero-order chi connectivity index (χ0) is 14.0. The molecule has 0 amide bonds. The van der Waals surface area contributed by atoms with Crippen LogP contribution in [0.25, 0.3) is 0 Å². The summed E-state index contributed by atoms with van der Waals surface area (Å²) >= 11 is 0. The SMILES string of the molecule is CCNC1CC(C)CC(C)C1CN(C)C(C)C1CC1. The molecule has 0 aromatic heterocycles. The summed E-state index contributed by atoms with van der Waals surface area (Å²) in [6, 6.07) is 1.52. The fourth-order valence-corrected chi connectivity index (χ4v) is 4.15. The van der Waals surface area contributed by atoms with Gasteiger partial charge in [-0.1, -0.05) is 20.8 Å². The summed E-state index contributed by atoms with van der Waals surface area (Å²) < 4.78 is 0. The standard InChI is InChI=1S/C17H34N2/c1-6-18-17-10-12(2)9-13(3)16(17)11-19(5)14(4)15-7-8-15/h12-18H,6-11H2,1-5H3. The van der Waals surface area contributed by atoms with Crippen molar-refractivity contribution in [1.29, 1.82) is 0 Å². The molecule has 0 aliphatic heterocycles. The number of hydrogen-bond donors (Lipinski definition) is 1. The van der Waals surface area contributed by atoms with Crippen LogP contribution in [0.15, 0.2) is 0 Å². The first-order chi connectivity index (χ1) is 9.02. The third-order valence-corrected chi connectivity index (χ3v) is 5.64. The predicted octanol–water partition coefficient (Wildman–Crippen LogP) is 3.38. The summed E-state index contributed by atoms with van der Waals surface area (Å²) in [5.41, 5.74) is 0. The van der Waals surface area contributed by atoms with E-state index in [-0.39, 0.29) is 0 Å². The van der Waals surface area contributed by atoms with E-state index in [0.717, 1.165) is 42.3 Å². The van der Waals surface area contributed by atoms with E-state index in [2.05, 4.69) is 45.0 Å². The van der Waals surface area contributed by atoms with Crippen molar-refractivity contribution in [3.05, 3.63) is 0 Å². The fraction of sp³-hybridized carbons (Fsp3) is 1.00. The summed E-state index contributed by atoms with van der Waals surface area (Å²) in [7, 11) is 2.34. The molecule has 0 aromatic carbocycles. The second kappa shape index (κ2) is 6.58. The van der Waals surface area contributed by atoms with Crippen molar-refractivity contribution in [2.45, 2.75) is 65.5 Å². The van der Waals surface area contributed by atoms with Crippen LogP contribution in [0.4, 0.5) is 0 Å². The first-order valence-electron chi connectivity index (χ1n) is 8.46. The molecule has 0 heterocycles. The minimum absolute atomic E-state index is 0.734. The summed E-state index contributed by atoms with van der Waals surface area (Å²) in [6.07, 6.45) is 5.70. The Balaban J connectivity index is 1.93. The van der Waals surface area contributed by atoms with Gasteiger partial charge in [0.15, 0.2) is 0 Å². The molecule has 0 aromatic rings. The molecule has 2 heteroatoms.